The molecule has 0 bridgehead atoms. The number of rotatable bonds is 6. The molecule has 0 aromatic carbocycles. The van der Waals surface area contributed by atoms with E-state index in [2.05, 4.69) is 20.8 Å². The summed E-state index contributed by atoms with van der Waals surface area (Å²) in [7, 11) is 0. The van der Waals surface area contributed by atoms with E-state index < -0.39 is 0 Å². The Hall–Kier alpha value is -0.0800. The molecule has 0 aliphatic rings. The largest absolute Gasteiger partial charge is 0.348 e. The Bertz CT molecular complexity index is 81.6. The van der Waals surface area contributed by atoms with Gasteiger partial charge in [-0.1, -0.05) is 20.8 Å². The number of ether oxygens (including phenoxy) is 2. The minimum Gasteiger partial charge on any atom is -0.348 e. The Kier molecular flexibility index (Phi) is 6.57. The van der Waals surface area contributed by atoms with E-state index in [9.17, 15) is 0 Å². The lowest BCUT2D eigenvalue weighted by atomic mass is 10.2. The molecule has 1 unspecified atom stereocenters. The maximum atomic E-state index is 5.19. The van der Waals surface area contributed by atoms with Gasteiger partial charge in [0.05, 0.1) is 12.7 Å². The summed E-state index contributed by atoms with van der Waals surface area (Å²) < 4.78 is 10.3. The number of hydrogen-bond acceptors (Lipinski definition) is 2. The fourth-order valence-corrected chi connectivity index (χ4v) is 0.462. The highest BCUT2D eigenvalue weighted by atomic mass is 16.7. The first-order chi connectivity index (χ1) is 5.16. The van der Waals surface area contributed by atoms with Gasteiger partial charge in [0.2, 0.25) is 6.79 Å². The second-order valence-corrected chi connectivity index (χ2v) is 3.18. The molecule has 0 spiro atoms. The molecule has 0 aliphatic carbocycles. The van der Waals surface area contributed by atoms with E-state index in [-0.39, 0.29) is 6.10 Å². The maximum absolute atomic E-state index is 5.19. The van der Waals surface area contributed by atoms with Crippen molar-refractivity contribution >= 4 is 0 Å². The molecule has 0 N–H and O–H groups in total. The monoisotopic (exact) mass is 159 g/mol. The van der Waals surface area contributed by atoms with Crippen molar-refractivity contribution in [2.45, 2.75) is 40.2 Å². The molecule has 0 aromatic rings. The van der Waals surface area contributed by atoms with Gasteiger partial charge in [-0.25, -0.2) is 0 Å². The van der Waals surface area contributed by atoms with Gasteiger partial charge >= 0.3 is 0 Å². The van der Waals surface area contributed by atoms with E-state index >= 15 is 0 Å². The van der Waals surface area contributed by atoms with Crippen molar-refractivity contribution in [2.24, 2.45) is 5.92 Å². The van der Waals surface area contributed by atoms with E-state index in [1.165, 1.54) is 6.79 Å². The van der Waals surface area contributed by atoms with Crippen LogP contribution in [-0.4, -0.2) is 12.7 Å². The highest BCUT2D eigenvalue weighted by molar-refractivity contribution is 4.46. The SMILES string of the molecule is CCC(C)O[CH]OCC(C)C. The summed E-state index contributed by atoms with van der Waals surface area (Å²) in [5.74, 6) is 0.562. The molecule has 2 heteroatoms. The van der Waals surface area contributed by atoms with Crippen LogP contribution in [0.5, 0.6) is 0 Å². The molecular formula is C9H19O2. The lowest BCUT2D eigenvalue weighted by Crippen LogP contribution is -2.08. The Morgan fingerprint density at radius 1 is 1.27 bits per heavy atom. The zero-order chi connectivity index (χ0) is 8.69. The first-order valence-electron chi connectivity index (χ1n) is 4.25. The van der Waals surface area contributed by atoms with Crippen LogP contribution >= 0.6 is 0 Å². The zero-order valence-corrected chi connectivity index (χ0v) is 7.96. The standard InChI is InChI=1S/C9H19O2/c1-5-9(4)11-7-10-6-8(2)3/h7-9H,5-6H2,1-4H3. The second-order valence-electron chi connectivity index (χ2n) is 3.18. The third-order valence-corrected chi connectivity index (χ3v) is 1.36. The Morgan fingerprint density at radius 3 is 2.36 bits per heavy atom. The smallest absolute Gasteiger partial charge is 0.209 e. The molecule has 1 atom stereocenters. The molecule has 0 aliphatic heterocycles. The predicted octanol–water partition coefficient (Wildman–Crippen LogP) is 2.59. The molecule has 0 aromatic heterocycles. The molecule has 0 saturated heterocycles. The normalized spacial score (nSPS) is 13.9. The van der Waals surface area contributed by atoms with Gasteiger partial charge in [0, 0.05) is 0 Å². The summed E-state index contributed by atoms with van der Waals surface area (Å²) in [6, 6.07) is 0. The molecule has 0 heterocycles. The molecular weight excluding hydrogens is 140 g/mol. The Balaban J connectivity index is 3.01. The van der Waals surface area contributed by atoms with E-state index in [4.69, 9.17) is 9.47 Å². The molecule has 0 rings (SSSR count). The van der Waals surface area contributed by atoms with Crippen LogP contribution in [0.3, 0.4) is 0 Å². The van der Waals surface area contributed by atoms with Crippen molar-refractivity contribution in [1.82, 2.24) is 0 Å². The third-order valence-electron chi connectivity index (χ3n) is 1.36. The summed E-state index contributed by atoms with van der Waals surface area (Å²) in [5, 5.41) is 0. The van der Waals surface area contributed by atoms with Crippen LogP contribution in [0.15, 0.2) is 0 Å². The molecule has 0 saturated carbocycles. The van der Waals surface area contributed by atoms with Crippen LogP contribution in [-0.2, 0) is 9.47 Å². The molecule has 0 fully saturated rings. The van der Waals surface area contributed by atoms with Crippen LogP contribution in [0.4, 0.5) is 0 Å². The van der Waals surface area contributed by atoms with E-state index in [0.29, 0.717) is 5.92 Å². The van der Waals surface area contributed by atoms with Crippen molar-refractivity contribution in [2.75, 3.05) is 6.61 Å². The lowest BCUT2D eigenvalue weighted by molar-refractivity contribution is -0.0227. The molecule has 0 amide bonds. The summed E-state index contributed by atoms with van der Waals surface area (Å²) in [6.45, 7) is 10.5. The highest BCUT2D eigenvalue weighted by Crippen LogP contribution is 2.00. The van der Waals surface area contributed by atoms with Crippen molar-refractivity contribution < 1.29 is 9.47 Å². The topological polar surface area (TPSA) is 18.5 Å². The van der Waals surface area contributed by atoms with E-state index in [1.54, 1.807) is 0 Å². The average molecular weight is 159 g/mol. The van der Waals surface area contributed by atoms with Gasteiger partial charge in [-0.2, -0.15) is 0 Å². The van der Waals surface area contributed by atoms with Gasteiger partial charge < -0.3 is 9.47 Å². The highest BCUT2D eigenvalue weighted by Gasteiger charge is 1.99. The molecule has 67 valence electrons. The van der Waals surface area contributed by atoms with Crippen molar-refractivity contribution in [3.05, 3.63) is 6.79 Å². The van der Waals surface area contributed by atoms with Crippen molar-refractivity contribution in [3.63, 3.8) is 0 Å². The van der Waals surface area contributed by atoms with E-state index in [1.807, 2.05) is 6.92 Å². The summed E-state index contributed by atoms with van der Waals surface area (Å²) in [5.41, 5.74) is 0. The van der Waals surface area contributed by atoms with E-state index in [0.717, 1.165) is 13.0 Å². The van der Waals surface area contributed by atoms with Gasteiger partial charge in [0.15, 0.2) is 0 Å². The Morgan fingerprint density at radius 2 is 1.91 bits per heavy atom. The summed E-state index contributed by atoms with van der Waals surface area (Å²) in [4.78, 5) is 0. The molecule has 11 heavy (non-hydrogen) atoms. The van der Waals surface area contributed by atoms with Gasteiger partial charge in [-0.15, -0.1) is 0 Å². The molecule has 2 nitrogen and oxygen atoms in total. The average Bonchev–Trinajstić information content (AvgIpc) is 1.97. The van der Waals surface area contributed by atoms with Gasteiger partial charge in [0.1, 0.15) is 0 Å². The number of hydrogen-bond donors (Lipinski definition) is 0. The van der Waals surface area contributed by atoms with Gasteiger partial charge in [-0.3, -0.25) is 0 Å². The minimum atomic E-state index is 0.266. The van der Waals surface area contributed by atoms with Crippen LogP contribution in [0.2, 0.25) is 0 Å². The second kappa shape index (κ2) is 6.62. The third kappa shape index (κ3) is 7.82. The summed E-state index contributed by atoms with van der Waals surface area (Å²) >= 11 is 0. The van der Waals surface area contributed by atoms with Gasteiger partial charge in [-0.05, 0) is 19.3 Å². The Labute approximate surface area is 69.9 Å². The molecule has 1 radical (unpaired) electrons. The quantitative estimate of drug-likeness (QED) is 0.554. The van der Waals surface area contributed by atoms with Crippen molar-refractivity contribution in [1.29, 1.82) is 0 Å². The summed E-state index contributed by atoms with van der Waals surface area (Å²) in [6.07, 6.45) is 1.28. The first-order valence-corrected chi connectivity index (χ1v) is 4.25. The maximum Gasteiger partial charge on any atom is 0.209 e. The first kappa shape index (κ1) is 10.9. The fraction of sp³-hybridized carbons (Fsp3) is 0.889. The predicted molar refractivity (Wildman–Crippen MR) is 45.9 cm³/mol. The van der Waals surface area contributed by atoms with Crippen molar-refractivity contribution in [3.8, 4) is 0 Å². The minimum absolute atomic E-state index is 0.266. The fourth-order valence-electron chi connectivity index (χ4n) is 0.462. The van der Waals surface area contributed by atoms with Gasteiger partial charge in [0.25, 0.3) is 0 Å². The van der Waals surface area contributed by atoms with Crippen LogP contribution in [0.1, 0.15) is 34.1 Å². The van der Waals surface area contributed by atoms with Crippen LogP contribution in [0.25, 0.3) is 0 Å². The zero-order valence-electron chi connectivity index (χ0n) is 7.96. The van der Waals surface area contributed by atoms with Crippen LogP contribution < -0.4 is 0 Å². The lowest BCUT2D eigenvalue weighted by Gasteiger charge is -2.10. The van der Waals surface area contributed by atoms with Crippen LogP contribution in [0, 0.1) is 12.7 Å².